The fraction of sp³-hybridized carbons (Fsp3) is 0. The third-order valence-electron chi connectivity index (χ3n) is 8.33. The van der Waals surface area contributed by atoms with Gasteiger partial charge in [0.25, 0.3) is 0 Å². The first-order valence-corrected chi connectivity index (χ1v) is 13.6. The van der Waals surface area contributed by atoms with Crippen molar-refractivity contribution in [2.24, 2.45) is 20.0 Å². The minimum absolute atomic E-state index is 0.592. The van der Waals surface area contributed by atoms with Crippen LogP contribution in [0.2, 0.25) is 0 Å². The highest BCUT2D eigenvalue weighted by Crippen LogP contribution is 2.41. The molecule has 0 saturated carbocycles. The van der Waals surface area contributed by atoms with Gasteiger partial charge in [-0.15, -0.1) is 11.5 Å². The maximum absolute atomic E-state index is 7.34. The lowest BCUT2D eigenvalue weighted by molar-refractivity contribution is 0.938. The number of aliphatic imine (C=N–C) groups is 2. The minimum Gasteiger partial charge on any atom is -0.319 e. The van der Waals surface area contributed by atoms with Gasteiger partial charge < -0.3 is 8.96 Å². The van der Waals surface area contributed by atoms with E-state index in [-0.39, 0.29) is 0 Å². The summed E-state index contributed by atoms with van der Waals surface area (Å²) in [7, 11) is 0. The second-order valence-corrected chi connectivity index (χ2v) is 10.9. The standard InChI is InChI=1S/C32H16BClN6/c34-33-39-29-21-9-3-5-11-23(21)31(39)38-32-24-12-6-4-10-22(24)30(40(32)33)37-28-26-16-20-14-18-8-2-1-7-17(18)13-19(20)15-25(26)27(35-28)36-29/h1-16H. The van der Waals surface area contributed by atoms with E-state index in [9.17, 15) is 0 Å². The van der Waals surface area contributed by atoms with E-state index in [1.165, 1.54) is 10.8 Å². The van der Waals surface area contributed by atoms with Crippen molar-refractivity contribution in [1.82, 2.24) is 8.96 Å². The van der Waals surface area contributed by atoms with Gasteiger partial charge in [0.2, 0.25) is 0 Å². The normalized spacial score (nSPS) is 14.8. The van der Waals surface area contributed by atoms with Crippen LogP contribution in [-0.4, -0.2) is 27.0 Å². The lowest BCUT2D eigenvalue weighted by Gasteiger charge is -2.18. The summed E-state index contributed by atoms with van der Waals surface area (Å²) < 4.78 is 4.02. The lowest BCUT2D eigenvalue weighted by atomic mass is 9.98. The van der Waals surface area contributed by atoms with E-state index < -0.39 is 6.40 Å². The molecule has 40 heavy (non-hydrogen) atoms. The molecule has 0 aliphatic carbocycles. The van der Waals surface area contributed by atoms with E-state index in [0.717, 1.165) is 66.1 Å². The van der Waals surface area contributed by atoms with E-state index >= 15 is 0 Å². The first-order chi connectivity index (χ1) is 19.7. The fourth-order valence-electron chi connectivity index (χ4n) is 6.50. The molecule has 0 radical (unpaired) electrons. The second-order valence-electron chi connectivity index (χ2n) is 10.5. The van der Waals surface area contributed by atoms with Crippen LogP contribution in [0.5, 0.6) is 0 Å². The third-order valence-corrected chi connectivity index (χ3v) is 8.72. The van der Waals surface area contributed by atoms with E-state index in [2.05, 4.69) is 72.8 Å². The van der Waals surface area contributed by atoms with Gasteiger partial charge in [-0.05, 0) is 45.8 Å². The molecule has 0 spiro atoms. The molecule has 5 aromatic carbocycles. The summed E-state index contributed by atoms with van der Waals surface area (Å²) in [5.41, 5.74) is 3.47. The Balaban J connectivity index is 1.41. The summed E-state index contributed by atoms with van der Waals surface area (Å²) in [5, 5.41) is 8.69. The summed E-state index contributed by atoms with van der Waals surface area (Å²) in [4.78, 5) is 20.6. The average molecular weight is 531 g/mol. The SMILES string of the molecule is ClB1n2c3c4ccccc4c2N=c2c4ccccc4c(n21)=NC1=NC(=N3)c2cc3cc4ccccc4cc3cc21. The summed E-state index contributed by atoms with van der Waals surface area (Å²) in [5.74, 6) is 2.81. The molecule has 2 aromatic heterocycles. The number of hydrogen-bond donors (Lipinski definition) is 0. The van der Waals surface area contributed by atoms with Gasteiger partial charge in [0.1, 0.15) is 22.6 Å². The number of benzene rings is 5. The Labute approximate surface area is 231 Å². The third kappa shape index (κ3) is 2.51. The van der Waals surface area contributed by atoms with Crippen molar-refractivity contribution in [3.8, 4) is 0 Å². The van der Waals surface area contributed by atoms with Crippen molar-refractivity contribution in [2.45, 2.75) is 0 Å². The maximum atomic E-state index is 7.34. The molecule has 0 saturated heterocycles. The summed E-state index contributed by atoms with van der Waals surface area (Å²) >= 11 is 7.34. The maximum Gasteiger partial charge on any atom is 0.499 e. The van der Waals surface area contributed by atoms with Crippen LogP contribution in [0.15, 0.2) is 117 Å². The smallest absolute Gasteiger partial charge is 0.319 e. The highest BCUT2D eigenvalue weighted by molar-refractivity contribution is 7.05. The molecule has 8 heteroatoms. The number of amidine groups is 2. The summed E-state index contributed by atoms with van der Waals surface area (Å²) in [6, 6.07) is 33.7. The summed E-state index contributed by atoms with van der Waals surface area (Å²) in [6.07, 6.45) is -0.592. The van der Waals surface area contributed by atoms with Gasteiger partial charge in [-0.2, -0.15) is 0 Å². The Morgan fingerprint density at radius 2 is 0.975 bits per heavy atom. The molecular weight excluding hydrogens is 515 g/mol. The van der Waals surface area contributed by atoms with Crippen molar-refractivity contribution >= 4 is 84.3 Å². The molecule has 5 heterocycles. The Hall–Kier alpha value is -5.01. The molecule has 0 fully saturated rings. The van der Waals surface area contributed by atoms with Gasteiger partial charge in [-0.25, -0.2) is 20.0 Å². The molecule has 4 bridgehead atoms. The second kappa shape index (κ2) is 7.14. The Bertz CT molecular complexity index is 2520. The number of nitrogens with zero attached hydrogens (tertiary/aromatic N) is 6. The van der Waals surface area contributed by atoms with Crippen LogP contribution in [0.1, 0.15) is 11.1 Å². The van der Waals surface area contributed by atoms with Crippen molar-refractivity contribution < 1.29 is 0 Å². The number of aromatic nitrogens is 2. The monoisotopic (exact) mass is 530 g/mol. The van der Waals surface area contributed by atoms with E-state index in [0.29, 0.717) is 11.7 Å². The van der Waals surface area contributed by atoms with Crippen molar-refractivity contribution in [3.63, 3.8) is 0 Å². The topological polar surface area (TPSA) is 59.3 Å². The quantitative estimate of drug-likeness (QED) is 0.164. The summed E-state index contributed by atoms with van der Waals surface area (Å²) in [6.45, 7) is 0. The van der Waals surface area contributed by atoms with Gasteiger partial charge in [-0.1, -0.05) is 72.8 Å². The number of hydrogen-bond acceptors (Lipinski definition) is 4. The number of halogens is 1. The van der Waals surface area contributed by atoms with Crippen molar-refractivity contribution in [1.29, 1.82) is 0 Å². The van der Waals surface area contributed by atoms with Crippen LogP contribution in [-0.2, 0) is 0 Å². The minimum atomic E-state index is -0.592. The average Bonchev–Trinajstić information content (AvgIpc) is 3.60. The first-order valence-electron chi connectivity index (χ1n) is 13.2. The van der Waals surface area contributed by atoms with E-state index in [4.69, 9.17) is 31.4 Å². The zero-order chi connectivity index (χ0) is 26.1. The Kier molecular flexibility index (Phi) is 3.73. The molecule has 0 unspecified atom stereocenters. The van der Waals surface area contributed by atoms with Crippen LogP contribution in [0.4, 0.5) is 11.6 Å². The van der Waals surface area contributed by atoms with Gasteiger partial charge >= 0.3 is 6.40 Å². The van der Waals surface area contributed by atoms with Crippen LogP contribution in [0.3, 0.4) is 0 Å². The molecule has 7 aromatic rings. The largest absolute Gasteiger partial charge is 0.499 e. The molecule has 184 valence electrons. The Morgan fingerprint density at radius 1 is 0.475 bits per heavy atom. The predicted molar refractivity (Wildman–Crippen MR) is 162 cm³/mol. The molecular formula is C32H16BClN6. The first kappa shape index (κ1) is 20.9. The van der Waals surface area contributed by atoms with Crippen molar-refractivity contribution in [3.05, 3.63) is 119 Å². The van der Waals surface area contributed by atoms with Gasteiger partial charge in [-0.3, -0.25) is 0 Å². The predicted octanol–water partition coefficient (Wildman–Crippen LogP) is 6.26. The number of fused-ring (bicyclic) bond motifs is 12. The fourth-order valence-corrected chi connectivity index (χ4v) is 6.87. The Morgan fingerprint density at radius 3 is 1.60 bits per heavy atom. The molecule has 3 aliphatic heterocycles. The van der Waals surface area contributed by atoms with Crippen LogP contribution in [0.25, 0.3) is 43.1 Å². The van der Waals surface area contributed by atoms with Crippen molar-refractivity contribution in [2.75, 3.05) is 0 Å². The lowest BCUT2D eigenvalue weighted by Crippen LogP contribution is -2.44. The molecule has 0 N–H and O–H groups in total. The van der Waals surface area contributed by atoms with Gasteiger partial charge in [0, 0.05) is 32.7 Å². The highest BCUT2D eigenvalue weighted by Gasteiger charge is 2.35. The van der Waals surface area contributed by atoms with Gasteiger partial charge in [0.15, 0.2) is 11.7 Å². The van der Waals surface area contributed by atoms with E-state index in [1.807, 2.05) is 33.2 Å². The zero-order valence-corrected chi connectivity index (χ0v) is 21.6. The molecule has 0 amide bonds. The van der Waals surface area contributed by atoms with Crippen LogP contribution >= 0.6 is 11.5 Å². The molecule has 0 atom stereocenters. The van der Waals surface area contributed by atoms with Crippen LogP contribution < -0.4 is 11.0 Å². The van der Waals surface area contributed by atoms with Crippen LogP contribution in [0, 0.1) is 0 Å². The molecule has 10 rings (SSSR count). The van der Waals surface area contributed by atoms with Gasteiger partial charge in [0.05, 0.1) is 0 Å². The molecule has 3 aliphatic rings. The highest BCUT2D eigenvalue weighted by atomic mass is 35.5. The van der Waals surface area contributed by atoms with E-state index in [1.54, 1.807) is 0 Å². The molecule has 6 nitrogen and oxygen atoms in total. The number of rotatable bonds is 0. The zero-order valence-electron chi connectivity index (χ0n) is 20.9.